The van der Waals surface area contributed by atoms with Gasteiger partial charge in [-0.1, -0.05) is 56.3 Å². The zero-order chi connectivity index (χ0) is 12.7. The molecule has 1 rings (SSSR count). The Kier molecular flexibility index (Phi) is 5.43. The maximum absolute atomic E-state index is 11.2. The largest absolute Gasteiger partial charge is 0.480 e. The lowest BCUT2D eigenvalue weighted by molar-refractivity contribution is -0.141. The lowest BCUT2D eigenvalue weighted by atomic mass is 10.1. The first-order valence-corrected chi connectivity index (χ1v) is 5.89. The highest BCUT2D eigenvalue weighted by Crippen LogP contribution is 2.06. The van der Waals surface area contributed by atoms with E-state index in [2.05, 4.69) is 0 Å². The summed E-state index contributed by atoms with van der Waals surface area (Å²) in [6, 6.07) is 9.18. The van der Waals surface area contributed by atoms with Crippen LogP contribution in [0, 0.1) is 0 Å². The van der Waals surface area contributed by atoms with Crippen molar-refractivity contribution < 1.29 is 9.90 Å². The van der Waals surface area contributed by atoms with Crippen LogP contribution in [0.1, 0.15) is 19.4 Å². The first-order valence-electron chi connectivity index (χ1n) is 5.89. The number of likely N-dealkylation sites (N-methyl/N-ethyl adjacent to an activating group) is 1. The fraction of sp³-hybridized carbons (Fsp3) is 0.357. The van der Waals surface area contributed by atoms with Crippen LogP contribution >= 0.6 is 0 Å². The second-order valence-corrected chi connectivity index (χ2v) is 3.77. The molecule has 0 aliphatic rings. The van der Waals surface area contributed by atoms with Gasteiger partial charge in [0.1, 0.15) is 6.04 Å². The van der Waals surface area contributed by atoms with Gasteiger partial charge in [-0.25, -0.2) is 0 Å². The average Bonchev–Trinajstić information content (AvgIpc) is 2.35. The van der Waals surface area contributed by atoms with E-state index < -0.39 is 12.0 Å². The van der Waals surface area contributed by atoms with Gasteiger partial charge >= 0.3 is 5.97 Å². The number of hydrogen-bond donors (Lipinski definition) is 1. The second-order valence-electron chi connectivity index (χ2n) is 3.77. The molecule has 0 bridgehead atoms. The zero-order valence-electron chi connectivity index (χ0n) is 10.3. The SMILES string of the molecule is CCN(CC)C(C=Cc1ccccc1)C(=O)O. The van der Waals surface area contributed by atoms with Crippen molar-refractivity contribution in [3.8, 4) is 0 Å². The standard InChI is InChI=1S/C14H19NO2/c1-3-15(4-2)13(14(16)17)11-10-12-8-6-5-7-9-12/h5-11,13H,3-4H2,1-2H3,(H,16,17). The lowest BCUT2D eigenvalue weighted by Gasteiger charge is -2.23. The third kappa shape index (κ3) is 4.04. The number of aliphatic carboxylic acids is 1. The lowest BCUT2D eigenvalue weighted by Crippen LogP contribution is -2.39. The van der Waals surface area contributed by atoms with Gasteiger partial charge < -0.3 is 5.11 Å². The molecule has 0 saturated carbocycles. The monoisotopic (exact) mass is 233 g/mol. The minimum atomic E-state index is -0.805. The Labute approximate surface area is 102 Å². The van der Waals surface area contributed by atoms with Crippen molar-refractivity contribution in [2.75, 3.05) is 13.1 Å². The molecule has 1 atom stereocenters. The minimum Gasteiger partial charge on any atom is -0.480 e. The summed E-state index contributed by atoms with van der Waals surface area (Å²) in [6.07, 6.45) is 3.60. The summed E-state index contributed by atoms with van der Waals surface area (Å²) >= 11 is 0. The van der Waals surface area contributed by atoms with Crippen molar-refractivity contribution in [2.24, 2.45) is 0 Å². The van der Waals surface area contributed by atoms with E-state index in [0.717, 1.165) is 18.7 Å². The normalized spacial score (nSPS) is 13.1. The van der Waals surface area contributed by atoms with Gasteiger partial charge in [-0.3, -0.25) is 9.69 Å². The van der Waals surface area contributed by atoms with Gasteiger partial charge in [-0.05, 0) is 18.7 Å². The van der Waals surface area contributed by atoms with Crippen molar-refractivity contribution >= 4 is 12.0 Å². The molecule has 0 aliphatic heterocycles. The van der Waals surface area contributed by atoms with E-state index in [1.165, 1.54) is 0 Å². The molecular weight excluding hydrogens is 214 g/mol. The Morgan fingerprint density at radius 1 is 1.29 bits per heavy atom. The summed E-state index contributed by atoms with van der Waals surface area (Å²) in [6.45, 7) is 5.39. The molecule has 0 saturated heterocycles. The number of benzene rings is 1. The summed E-state index contributed by atoms with van der Waals surface area (Å²) in [7, 11) is 0. The molecule has 3 heteroatoms. The summed E-state index contributed by atoms with van der Waals surface area (Å²) in [5.41, 5.74) is 1.02. The number of nitrogens with zero attached hydrogens (tertiary/aromatic N) is 1. The summed E-state index contributed by atoms with van der Waals surface area (Å²) in [4.78, 5) is 13.1. The maximum atomic E-state index is 11.2. The van der Waals surface area contributed by atoms with E-state index in [9.17, 15) is 9.90 Å². The minimum absolute atomic E-state index is 0.551. The van der Waals surface area contributed by atoms with Gasteiger partial charge in [0.25, 0.3) is 0 Å². The van der Waals surface area contributed by atoms with E-state index in [-0.39, 0.29) is 0 Å². The Morgan fingerprint density at radius 3 is 2.35 bits per heavy atom. The second kappa shape index (κ2) is 6.86. The molecule has 3 nitrogen and oxygen atoms in total. The third-order valence-corrected chi connectivity index (χ3v) is 2.73. The molecule has 92 valence electrons. The van der Waals surface area contributed by atoms with Crippen LogP contribution in [0.2, 0.25) is 0 Å². The zero-order valence-corrected chi connectivity index (χ0v) is 10.3. The molecule has 0 aliphatic carbocycles. The molecule has 17 heavy (non-hydrogen) atoms. The van der Waals surface area contributed by atoms with E-state index in [0.29, 0.717) is 0 Å². The van der Waals surface area contributed by atoms with Crippen LogP contribution in [0.25, 0.3) is 6.08 Å². The Balaban J connectivity index is 2.80. The predicted molar refractivity (Wildman–Crippen MR) is 69.8 cm³/mol. The molecule has 0 aromatic heterocycles. The van der Waals surface area contributed by atoms with E-state index in [4.69, 9.17) is 0 Å². The van der Waals surface area contributed by atoms with Crippen molar-refractivity contribution in [3.05, 3.63) is 42.0 Å². The summed E-state index contributed by atoms with van der Waals surface area (Å²) in [5.74, 6) is -0.805. The summed E-state index contributed by atoms with van der Waals surface area (Å²) in [5, 5.41) is 9.19. The fourth-order valence-electron chi connectivity index (χ4n) is 1.74. The third-order valence-electron chi connectivity index (χ3n) is 2.73. The van der Waals surface area contributed by atoms with Gasteiger partial charge in [0.2, 0.25) is 0 Å². The number of carbonyl (C=O) groups is 1. The molecule has 0 radical (unpaired) electrons. The van der Waals surface area contributed by atoms with Crippen molar-refractivity contribution in [1.29, 1.82) is 0 Å². The quantitative estimate of drug-likeness (QED) is 0.820. The van der Waals surface area contributed by atoms with Gasteiger partial charge in [0, 0.05) is 0 Å². The van der Waals surface area contributed by atoms with E-state index in [1.54, 1.807) is 6.08 Å². The van der Waals surface area contributed by atoms with E-state index >= 15 is 0 Å². The Bertz CT molecular complexity index is 369. The number of hydrogen-bond acceptors (Lipinski definition) is 2. The highest BCUT2D eigenvalue weighted by atomic mass is 16.4. The van der Waals surface area contributed by atoms with Gasteiger partial charge in [0.15, 0.2) is 0 Å². The van der Waals surface area contributed by atoms with Crippen LogP contribution in [0.5, 0.6) is 0 Å². The van der Waals surface area contributed by atoms with Crippen LogP contribution < -0.4 is 0 Å². The Morgan fingerprint density at radius 2 is 1.88 bits per heavy atom. The van der Waals surface area contributed by atoms with Crippen molar-refractivity contribution in [3.63, 3.8) is 0 Å². The van der Waals surface area contributed by atoms with Crippen molar-refractivity contribution in [2.45, 2.75) is 19.9 Å². The highest BCUT2D eigenvalue weighted by molar-refractivity contribution is 5.77. The van der Waals surface area contributed by atoms with Gasteiger partial charge in [-0.15, -0.1) is 0 Å². The number of carboxylic acid groups (broad SMARTS) is 1. The molecule has 1 aromatic carbocycles. The predicted octanol–water partition coefficient (Wildman–Crippen LogP) is 2.49. The van der Waals surface area contributed by atoms with Crippen LogP contribution in [-0.4, -0.2) is 35.1 Å². The topological polar surface area (TPSA) is 40.5 Å². The average molecular weight is 233 g/mol. The first-order chi connectivity index (χ1) is 8.19. The molecule has 0 heterocycles. The van der Waals surface area contributed by atoms with Crippen LogP contribution in [0.4, 0.5) is 0 Å². The molecule has 1 N–H and O–H groups in total. The van der Waals surface area contributed by atoms with Crippen LogP contribution in [-0.2, 0) is 4.79 Å². The highest BCUT2D eigenvalue weighted by Gasteiger charge is 2.19. The molecule has 1 unspecified atom stereocenters. The van der Waals surface area contributed by atoms with Crippen molar-refractivity contribution in [1.82, 2.24) is 4.90 Å². The molecule has 1 aromatic rings. The van der Waals surface area contributed by atoms with E-state index in [1.807, 2.05) is 55.2 Å². The van der Waals surface area contributed by atoms with Crippen LogP contribution in [0.15, 0.2) is 36.4 Å². The summed E-state index contributed by atoms with van der Waals surface area (Å²) < 4.78 is 0. The molecule has 0 fully saturated rings. The fourth-order valence-corrected chi connectivity index (χ4v) is 1.74. The first kappa shape index (κ1) is 13.5. The van der Waals surface area contributed by atoms with Gasteiger partial charge in [-0.2, -0.15) is 0 Å². The number of rotatable bonds is 6. The Hall–Kier alpha value is -1.61. The number of carboxylic acids is 1. The molecular formula is C14H19NO2. The smallest absolute Gasteiger partial charge is 0.324 e. The van der Waals surface area contributed by atoms with Gasteiger partial charge in [0.05, 0.1) is 0 Å². The molecule has 0 amide bonds. The van der Waals surface area contributed by atoms with Crippen LogP contribution in [0.3, 0.4) is 0 Å². The maximum Gasteiger partial charge on any atom is 0.324 e. The molecule has 0 spiro atoms.